The molecule has 1 aromatic carbocycles. The molecule has 1 aromatic rings. The summed E-state index contributed by atoms with van der Waals surface area (Å²) in [7, 11) is 1.59. The Bertz CT molecular complexity index is 527. The third-order valence-electron chi connectivity index (χ3n) is 3.01. The Morgan fingerprint density at radius 1 is 1.23 bits per heavy atom. The highest BCUT2D eigenvalue weighted by molar-refractivity contribution is 5.97. The van der Waals surface area contributed by atoms with Gasteiger partial charge in [-0.25, -0.2) is 0 Å². The van der Waals surface area contributed by atoms with Crippen LogP contribution in [0, 0.1) is 0 Å². The highest BCUT2D eigenvalue weighted by Gasteiger charge is 2.09. The van der Waals surface area contributed by atoms with Crippen LogP contribution in [0.3, 0.4) is 0 Å². The lowest BCUT2D eigenvalue weighted by atomic mass is 10.1. The van der Waals surface area contributed by atoms with Crippen molar-refractivity contribution in [3.05, 3.63) is 29.8 Å². The SMILES string of the molecule is COC(C)CCC(=O)Nc1ccc(C(=O)NCC(=O)O)cc1. The Hall–Kier alpha value is -2.41. The second-order valence-electron chi connectivity index (χ2n) is 4.79. The average Bonchev–Trinajstić information content (AvgIpc) is 2.50. The highest BCUT2D eigenvalue weighted by atomic mass is 16.5. The van der Waals surface area contributed by atoms with Crippen LogP contribution >= 0.6 is 0 Å². The molecule has 0 aliphatic carbocycles. The Labute approximate surface area is 128 Å². The Morgan fingerprint density at radius 2 is 1.86 bits per heavy atom. The zero-order valence-corrected chi connectivity index (χ0v) is 12.6. The van der Waals surface area contributed by atoms with Crippen LogP contribution in [0.15, 0.2) is 24.3 Å². The monoisotopic (exact) mass is 308 g/mol. The van der Waals surface area contributed by atoms with Crippen LogP contribution in [0.1, 0.15) is 30.1 Å². The zero-order chi connectivity index (χ0) is 16.5. The Kier molecular flexibility index (Phi) is 7.04. The van der Waals surface area contributed by atoms with Crippen molar-refractivity contribution in [1.82, 2.24) is 5.32 Å². The van der Waals surface area contributed by atoms with Gasteiger partial charge < -0.3 is 20.5 Å². The standard InChI is InChI=1S/C15H20N2O5/c1-10(22-2)3-8-13(18)17-12-6-4-11(5-7-12)15(21)16-9-14(19)20/h4-7,10H,3,8-9H2,1-2H3,(H,16,21)(H,17,18)(H,19,20). The molecule has 3 N–H and O–H groups in total. The van der Waals surface area contributed by atoms with Crippen molar-refractivity contribution >= 4 is 23.5 Å². The minimum absolute atomic E-state index is 0.0195. The van der Waals surface area contributed by atoms with Gasteiger partial charge in [-0.1, -0.05) is 0 Å². The van der Waals surface area contributed by atoms with Gasteiger partial charge in [0.05, 0.1) is 6.10 Å². The number of nitrogens with one attached hydrogen (secondary N) is 2. The van der Waals surface area contributed by atoms with Gasteiger partial charge in [-0.15, -0.1) is 0 Å². The molecule has 1 rings (SSSR count). The van der Waals surface area contributed by atoms with E-state index in [1.807, 2.05) is 6.92 Å². The second-order valence-corrected chi connectivity index (χ2v) is 4.79. The van der Waals surface area contributed by atoms with Crippen molar-refractivity contribution in [3.63, 3.8) is 0 Å². The molecule has 1 unspecified atom stereocenters. The van der Waals surface area contributed by atoms with Crippen molar-refractivity contribution < 1.29 is 24.2 Å². The topological polar surface area (TPSA) is 105 Å². The van der Waals surface area contributed by atoms with Crippen LogP contribution < -0.4 is 10.6 Å². The summed E-state index contributed by atoms with van der Waals surface area (Å²) in [6.45, 7) is 1.45. The summed E-state index contributed by atoms with van der Waals surface area (Å²) in [5.74, 6) is -1.72. The van der Waals surface area contributed by atoms with Gasteiger partial charge in [0, 0.05) is 24.8 Å². The number of rotatable bonds is 8. The number of aliphatic carboxylic acids is 1. The molecule has 0 spiro atoms. The van der Waals surface area contributed by atoms with E-state index >= 15 is 0 Å². The van der Waals surface area contributed by atoms with E-state index in [1.54, 1.807) is 19.2 Å². The molecule has 2 amide bonds. The van der Waals surface area contributed by atoms with Gasteiger partial charge >= 0.3 is 5.97 Å². The quantitative estimate of drug-likeness (QED) is 0.670. The van der Waals surface area contributed by atoms with Crippen LogP contribution in [-0.2, 0) is 14.3 Å². The molecule has 0 fully saturated rings. The smallest absolute Gasteiger partial charge is 0.322 e. The highest BCUT2D eigenvalue weighted by Crippen LogP contribution is 2.11. The number of ether oxygens (including phenoxy) is 1. The van der Waals surface area contributed by atoms with E-state index in [0.29, 0.717) is 24.1 Å². The third kappa shape index (κ3) is 6.36. The van der Waals surface area contributed by atoms with E-state index in [2.05, 4.69) is 10.6 Å². The van der Waals surface area contributed by atoms with E-state index in [0.717, 1.165) is 0 Å². The van der Waals surface area contributed by atoms with Gasteiger partial charge in [-0.3, -0.25) is 14.4 Å². The lowest BCUT2D eigenvalue weighted by Gasteiger charge is -2.10. The van der Waals surface area contributed by atoms with Crippen LogP contribution in [0.5, 0.6) is 0 Å². The summed E-state index contributed by atoms with van der Waals surface area (Å²) in [5.41, 5.74) is 0.900. The molecule has 1 atom stereocenters. The van der Waals surface area contributed by atoms with Crippen molar-refractivity contribution in [1.29, 1.82) is 0 Å². The lowest BCUT2D eigenvalue weighted by Crippen LogP contribution is -2.29. The maximum atomic E-state index is 11.7. The van der Waals surface area contributed by atoms with Gasteiger partial charge in [-0.05, 0) is 37.6 Å². The maximum Gasteiger partial charge on any atom is 0.322 e. The first-order chi connectivity index (χ1) is 10.4. The fraction of sp³-hybridized carbons (Fsp3) is 0.400. The summed E-state index contributed by atoms with van der Waals surface area (Å²) < 4.78 is 5.07. The van der Waals surface area contributed by atoms with Crippen molar-refractivity contribution in [2.75, 3.05) is 19.0 Å². The molecule has 7 heteroatoms. The Balaban J connectivity index is 2.49. The number of methoxy groups -OCH3 is 1. The second kappa shape index (κ2) is 8.78. The molecule has 0 bridgehead atoms. The number of benzene rings is 1. The van der Waals surface area contributed by atoms with E-state index in [-0.39, 0.29) is 12.0 Å². The number of anilines is 1. The minimum atomic E-state index is -1.11. The number of hydrogen-bond acceptors (Lipinski definition) is 4. The van der Waals surface area contributed by atoms with Gasteiger partial charge in [0.25, 0.3) is 5.91 Å². The Morgan fingerprint density at radius 3 is 2.41 bits per heavy atom. The molecule has 0 radical (unpaired) electrons. The zero-order valence-electron chi connectivity index (χ0n) is 12.6. The molecular weight excluding hydrogens is 288 g/mol. The van der Waals surface area contributed by atoms with E-state index < -0.39 is 18.4 Å². The first-order valence-electron chi connectivity index (χ1n) is 6.85. The molecule has 120 valence electrons. The predicted octanol–water partition coefficient (Wildman–Crippen LogP) is 1.25. The number of amides is 2. The van der Waals surface area contributed by atoms with Gasteiger partial charge in [0.1, 0.15) is 6.54 Å². The molecule has 0 saturated carbocycles. The minimum Gasteiger partial charge on any atom is -0.480 e. The van der Waals surface area contributed by atoms with Crippen molar-refractivity contribution in [2.45, 2.75) is 25.9 Å². The predicted molar refractivity (Wildman–Crippen MR) is 80.7 cm³/mol. The van der Waals surface area contributed by atoms with E-state index in [9.17, 15) is 14.4 Å². The number of carboxylic acids is 1. The van der Waals surface area contributed by atoms with Crippen LogP contribution in [0.4, 0.5) is 5.69 Å². The molecule has 0 aliphatic rings. The average molecular weight is 308 g/mol. The number of carbonyl (C=O) groups excluding carboxylic acids is 2. The summed E-state index contributed by atoms with van der Waals surface area (Å²) in [5, 5.41) is 13.5. The molecule has 0 saturated heterocycles. The summed E-state index contributed by atoms with van der Waals surface area (Å²) >= 11 is 0. The number of carboxylic acid groups (broad SMARTS) is 1. The van der Waals surface area contributed by atoms with Gasteiger partial charge in [0.2, 0.25) is 5.91 Å². The van der Waals surface area contributed by atoms with Crippen LogP contribution in [-0.4, -0.2) is 42.6 Å². The maximum absolute atomic E-state index is 11.7. The largest absolute Gasteiger partial charge is 0.480 e. The normalized spacial score (nSPS) is 11.5. The molecule has 22 heavy (non-hydrogen) atoms. The fourth-order valence-electron chi connectivity index (χ4n) is 1.64. The van der Waals surface area contributed by atoms with Crippen molar-refractivity contribution in [3.8, 4) is 0 Å². The molecular formula is C15H20N2O5. The lowest BCUT2D eigenvalue weighted by molar-refractivity contribution is -0.135. The molecule has 7 nitrogen and oxygen atoms in total. The first kappa shape index (κ1) is 17.6. The first-order valence-corrected chi connectivity index (χ1v) is 6.85. The van der Waals surface area contributed by atoms with E-state index in [1.165, 1.54) is 12.1 Å². The van der Waals surface area contributed by atoms with Gasteiger partial charge in [0.15, 0.2) is 0 Å². The van der Waals surface area contributed by atoms with Crippen molar-refractivity contribution in [2.24, 2.45) is 0 Å². The van der Waals surface area contributed by atoms with Crippen LogP contribution in [0.2, 0.25) is 0 Å². The van der Waals surface area contributed by atoms with Gasteiger partial charge in [-0.2, -0.15) is 0 Å². The molecule has 0 aromatic heterocycles. The summed E-state index contributed by atoms with van der Waals surface area (Å²) in [6.07, 6.45) is 0.986. The number of carbonyl (C=O) groups is 3. The summed E-state index contributed by atoms with van der Waals surface area (Å²) in [6, 6.07) is 6.22. The summed E-state index contributed by atoms with van der Waals surface area (Å²) in [4.78, 5) is 33.7. The van der Waals surface area contributed by atoms with E-state index in [4.69, 9.17) is 9.84 Å². The molecule has 0 heterocycles. The number of hydrogen-bond donors (Lipinski definition) is 3. The fourth-order valence-corrected chi connectivity index (χ4v) is 1.64. The third-order valence-corrected chi connectivity index (χ3v) is 3.01. The van der Waals surface area contributed by atoms with Crippen LogP contribution in [0.25, 0.3) is 0 Å². The molecule has 0 aliphatic heterocycles.